The standard InChI is InChI=1S/C14H26N2O2/c1-5-16(12-8-6-7-9-12)13(17)10-15(4)11-14(2,3)18/h8,18H,5-7,9-11H2,1-4H3. The number of amides is 1. The van der Waals surface area contributed by atoms with Gasteiger partial charge in [-0.3, -0.25) is 9.69 Å². The van der Waals surface area contributed by atoms with Crippen LogP contribution < -0.4 is 0 Å². The van der Waals surface area contributed by atoms with E-state index in [2.05, 4.69) is 6.08 Å². The number of aliphatic hydroxyl groups is 1. The van der Waals surface area contributed by atoms with E-state index in [4.69, 9.17) is 0 Å². The molecule has 4 nitrogen and oxygen atoms in total. The predicted octanol–water partition coefficient (Wildman–Crippen LogP) is 1.61. The monoisotopic (exact) mass is 254 g/mol. The zero-order valence-corrected chi connectivity index (χ0v) is 12.1. The lowest BCUT2D eigenvalue weighted by atomic mass is 10.1. The Balaban J connectivity index is 2.52. The second kappa shape index (κ2) is 6.34. The number of hydrogen-bond donors (Lipinski definition) is 1. The SMILES string of the molecule is CCN(C(=O)CN(C)CC(C)(C)O)C1=CCCC1. The first-order valence-corrected chi connectivity index (χ1v) is 6.74. The summed E-state index contributed by atoms with van der Waals surface area (Å²) in [4.78, 5) is 16.0. The summed E-state index contributed by atoms with van der Waals surface area (Å²) in [5.41, 5.74) is 0.401. The van der Waals surface area contributed by atoms with E-state index in [0.29, 0.717) is 13.1 Å². The van der Waals surface area contributed by atoms with Crippen molar-refractivity contribution in [2.24, 2.45) is 0 Å². The third kappa shape index (κ3) is 4.78. The van der Waals surface area contributed by atoms with Gasteiger partial charge in [0.1, 0.15) is 0 Å². The Labute approximate surface area is 110 Å². The zero-order chi connectivity index (χ0) is 13.8. The van der Waals surface area contributed by atoms with Crippen LogP contribution >= 0.6 is 0 Å². The highest BCUT2D eigenvalue weighted by molar-refractivity contribution is 5.80. The third-order valence-corrected chi connectivity index (χ3v) is 3.04. The zero-order valence-electron chi connectivity index (χ0n) is 12.1. The molecule has 0 fully saturated rings. The summed E-state index contributed by atoms with van der Waals surface area (Å²) in [7, 11) is 1.87. The van der Waals surface area contributed by atoms with Crippen LogP contribution in [-0.4, -0.2) is 53.1 Å². The lowest BCUT2D eigenvalue weighted by Gasteiger charge is -2.28. The van der Waals surface area contributed by atoms with Gasteiger partial charge in [-0.15, -0.1) is 0 Å². The van der Waals surface area contributed by atoms with Gasteiger partial charge in [0.15, 0.2) is 0 Å². The van der Waals surface area contributed by atoms with Gasteiger partial charge >= 0.3 is 0 Å². The quantitative estimate of drug-likeness (QED) is 0.783. The molecule has 0 heterocycles. The number of hydrogen-bond acceptors (Lipinski definition) is 3. The van der Waals surface area contributed by atoms with Crippen LogP contribution in [-0.2, 0) is 4.79 Å². The topological polar surface area (TPSA) is 43.8 Å². The molecule has 0 aliphatic heterocycles. The number of likely N-dealkylation sites (N-methyl/N-ethyl adjacent to an activating group) is 2. The Hall–Kier alpha value is -0.870. The van der Waals surface area contributed by atoms with Gasteiger partial charge in [-0.1, -0.05) is 6.08 Å². The van der Waals surface area contributed by atoms with E-state index in [-0.39, 0.29) is 5.91 Å². The minimum absolute atomic E-state index is 0.123. The molecule has 0 saturated heterocycles. The van der Waals surface area contributed by atoms with Gasteiger partial charge in [-0.05, 0) is 47.1 Å². The normalized spacial score (nSPS) is 16.0. The van der Waals surface area contributed by atoms with E-state index in [1.165, 1.54) is 5.70 Å². The van der Waals surface area contributed by atoms with Crippen molar-refractivity contribution in [1.29, 1.82) is 0 Å². The van der Waals surface area contributed by atoms with E-state index in [1.807, 2.05) is 23.8 Å². The van der Waals surface area contributed by atoms with Crippen molar-refractivity contribution in [3.8, 4) is 0 Å². The first-order chi connectivity index (χ1) is 8.33. The van der Waals surface area contributed by atoms with Gasteiger partial charge < -0.3 is 10.0 Å². The minimum Gasteiger partial charge on any atom is -0.389 e. The molecule has 0 bridgehead atoms. The summed E-state index contributed by atoms with van der Waals surface area (Å²) >= 11 is 0. The number of allylic oxidation sites excluding steroid dienone is 2. The summed E-state index contributed by atoms with van der Waals surface area (Å²) in [5, 5.41) is 9.73. The molecular weight excluding hydrogens is 228 g/mol. The first kappa shape index (κ1) is 15.2. The average Bonchev–Trinajstić information content (AvgIpc) is 2.68. The highest BCUT2D eigenvalue weighted by atomic mass is 16.3. The third-order valence-electron chi connectivity index (χ3n) is 3.04. The second-order valence-electron chi connectivity index (χ2n) is 5.71. The van der Waals surface area contributed by atoms with E-state index < -0.39 is 5.60 Å². The molecular formula is C14H26N2O2. The molecule has 1 amide bonds. The van der Waals surface area contributed by atoms with Crippen molar-refractivity contribution in [3.63, 3.8) is 0 Å². The fraction of sp³-hybridized carbons (Fsp3) is 0.786. The van der Waals surface area contributed by atoms with Crippen molar-refractivity contribution in [1.82, 2.24) is 9.80 Å². The highest BCUT2D eigenvalue weighted by Gasteiger charge is 2.22. The van der Waals surface area contributed by atoms with Crippen LogP contribution in [0.4, 0.5) is 0 Å². The van der Waals surface area contributed by atoms with E-state index in [1.54, 1.807) is 13.8 Å². The average molecular weight is 254 g/mol. The second-order valence-corrected chi connectivity index (χ2v) is 5.71. The van der Waals surface area contributed by atoms with E-state index >= 15 is 0 Å². The molecule has 1 N–H and O–H groups in total. The van der Waals surface area contributed by atoms with Gasteiger partial charge in [0, 0.05) is 18.8 Å². The van der Waals surface area contributed by atoms with Crippen LogP contribution in [0.1, 0.15) is 40.0 Å². The van der Waals surface area contributed by atoms with Crippen LogP contribution in [0, 0.1) is 0 Å². The summed E-state index contributed by atoms with van der Waals surface area (Å²) in [6.45, 7) is 7.09. The fourth-order valence-corrected chi connectivity index (χ4v) is 2.47. The molecule has 0 saturated carbocycles. The van der Waals surface area contributed by atoms with Crippen molar-refractivity contribution >= 4 is 5.91 Å². The predicted molar refractivity (Wildman–Crippen MR) is 73.1 cm³/mol. The molecule has 4 heteroatoms. The lowest BCUT2D eigenvalue weighted by molar-refractivity contribution is -0.130. The van der Waals surface area contributed by atoms with Crippen LogP contribution in [0.2, 0.25) is 0 Å². The van der Waals surface area contributed by atoms with Crippen LogP contribution in [0.15, 0.2) is 11.8 Å². The molecule has 0 aromatic carbocycles. The van der Waals surface area contributed by atoms with Gasteiger partial charge in [-0.2, -0.15) is 0 Å². The summed E-state index contributed by atoms with van der Waals surface area (Å²) < 4.78 is 0. The number of rotatable bonds is 6. The Kier molecular flexibility index (Phi) is 5.35. The van der Waals surface area contributed by atoms with Gasteiger partial charge in [0.2, 0.25) is 5.91 Å². The Bertz CT molecular complexity index is 318. The highest BCUT2D eigenvalue weighted by Crippen LogP contribution is 2.21. The first-order valence-electron chi connectivity index (χ1n) is 6.74. The largest absolute Gasteiger partial charge is 0.389 e. The minimum atomic E-state index is -0.765. The molecule has 0 spiro atoms. The molecule has 0 aromatic heterocycles. The van der Waals surface area contributed by atoms with Crippen LogP contribution in [0.3, 0.4) is 0 Å². The molecule has 18 heavy (non-hydrogen) atoms. The number of carbonyl (C=O) groups excluding carboxylic acids is 1. The maximum Gasteiger partial charge on any atom is 0.240 e. The Morgan fingerprint density at radius 3 is 2.61 bits per heavy atom. The van der Waals surface area contributed by atoms with E-state index in [9.17, 15) is 9.90 Å². The van der Waals surface area contributed by atoms with Gasteiger partial charge in [0.25, 0.3) is 0 Å². The molecule has 0 unspecified atom stereocenters. The number of carbonyl (C=O) groups is 1. The van der Waals surface area contributed by atoms with Gasteiger partial charge in [0.05, 0.1) is 12.1 Å². The molecule has 104 valence electrons. The van der Waals surface area contributed by atoms with Crippen LogP contribution in [0.5, 0.6) is 0 Å². The van der Waals surface area contributed by atoms with Crippen molar-refractivity contribution in [2.75, 3.05) is 26.7 Å². The van der Waals surface area contributed by atoms with Crippen LogP contribution in [0.25, 0.3) is 0 Å². The Morgan fingerprint density at radius 2 is 2.17 bits per heavy atom. The summed E-state index contributed by atoms with van der Waals surface area (Å²) in [6.07, 6.45) is 5.41. The van der Waals surface area contributed by atoms with Crippen molar-refractivity contribution < 1.29 is 9.90 Å². The maximum atomic E-state index is 12.2. The molecule has 0 aromatic rings. The molecule has 1 aliphatic rings. The summed E-state index contributed by atoms with van der Waals surface area (Å²) in [6, 6.07) is 0. The molecule has 0 atom stereocenters. The smallest absolute Gasteiger partial charge is 0.240 e. The lowest BCUT2D eigenvalue weighted by Crippen LogP contribution is -2.43. The van der Waals surface area contributed by atoms with Crippen molar-refractivity contribution in [3.05, 3.63) is 11.8 Å². The molecule has 1 aliphatic carbocycles. The molecule has 1 rings (SSSR count). The van der Waals surface area contributed by atoms with Crippen molar-refractivity contribution in [2.45, 2.75) is 45.6 Å². The maximum absolute atomic E-state index is 12.2. The fourth-order valence-electron chi connectivity index (χ4n) is 2.47. The van der Waals surface area contributed by atoms with E-state index in [0.717, 1.165) is 25.8 Å². The number of nitrogens with zero attached hydrogens (tertiary/aromatic N) is 2. The Morgan fingerprint density at radius 1 is 1.50 bits per heavy atom. The summed E-state index contributed by atoms with van der Waals surface area (Å²) in [5.74, 6) is 0.123. The molecule has 0 radical (unpaired) electrons. The van der Waals surface area contributed by atoms with Gasteiger partial charge in [-0.25, -0.2) is 0 Å².